The van der Waals surface area contributed by atoms with Crippen molar-refractivity contribution >= 4 is 25.7 Å². The Balaban J connectivity index is 4.72. The third kappa shape index (κ3) is 50.1. The number of carbonyl (C=O) groups is 3. The number of carbonyl (C=O) groups excluding carboxylic acids is 3. The molecule has 0 amide bonds. The Morgan fingerprint density at radius 2 is 0.757 bits per heavy atom. The molecule has 0 rings (SSSR count). The van der Waals surface area contributed by atoms with Crippen molar-refractivity contribution in [2.24, 2.45) is 0 Å². The van der Waals surface area contributed by atoms with Gasteiger partial charge in [0.15, 0.2) is 6.10 Å². The van der Waals surface area contributed by atoms with E-state index in [9.17, 15) is 28.9 Å². The molecule has 0 aliphatic carbocycles. The number of aliphatic hydroxyl groups excluding tert-OH is 1. The van der Waals surface area contributed by atoms with Crippen LogP contribution in [0.15, 0.2) is 60.8 Å². The van der Waals surface area contributed by atoms with Crippen LogP contribution in [0.4, 0.5) is 0 Å². The Kier molecular flexibility index (Phi) is 50.4. The summed E-state index contributed by atoms with van der Waals surface area (Å²) < 4.78 is 39.4. The van der Waals surface area contributed by atoms with Crippen molar-refractivity contribution in [3.63, 3.8) is 0 Å². The molecule has 0 heterocycles. The topological polar surface area (TPSA) is 155 Å². The summed E-state index contributed by atoms with van der Waals surface area (Å²) in [5, 5.41) is 9.79. The SMILES string of the molecule is CC/C=C\C/C=C\C/C=C\C/C=C\CCCCC(=O)OC(CO)COP(=O)(O)OCC(COC(=O)CCCCCCC/C=C\CCCC)OC(=O)CCCCCCCCCCCCCCCCCCC. The summed E-state index contributed by atoms with van der Waals surface area (Å²) in [6, 6.07) is 0. The molecule has 0 aromatic heterocycles. The third-order valence-electron chi connectivity index (χ3n) is 11.9. The maximum Gasteiger partial charge on any atom is 0.472 e. The second-order valence-electron chi connectivity index (χ2n) is 18.7. The number of phosphoric ester groups is 1. The predicted octanol–water partition coefficient (Wildman–Crippen LogP) is 16.4. The largest absolute Gasteiger partial charge is 0.472 e. The fourth-order valence-electron chi connectivity index (χ4n) is 7.62. The third-order valence-corrected chi connectivity index (χ3v) is 12.9. The highest BCUT2D eigenvalue weighted by molar-refractivity contribution is 7.47. The van der Waals surface area contributed by atoms with E-state index >= 15 is 0 Å². The molecule has 0 fully saturated rings. The van der Waals surface area contributed by atoms with Crippen molar-refractivity contribution < 1.29 is 52.2 Å². The van der Waals surface area contributed by atoms with E-state index in [1.165, 1.54) is 96.3 Å². The number of allylic oxidation sites excluding steroid dienone is 10. The zero-order valence-corrected chi connectivity index (χ0v) is 45.6. The van der Waals surface area contributed by atoms with E-state index in [1.54, 1.807) is 0 Å². The van der Waals surface area contributed by atoms with Gasteiger partial charge in [0.25, 0.3) is 0 Å². The zero-order valence-electron chi connectivity index (χ0n) is 44.7. The van der Waals surface area contributed by atoms with Crippen LogP contribution in [-0.4, -0.2) is 66.5 Å². The van der Waals surface area contributed by atoms with Gasteiger partial charge in [-0.15, -0.1) is 0 Å². The van der Waals surface area contributed by atoms with E-state index < -0.39 is 57.8 Å². The minimum atomic E-state index is -4.75. The summed E-state index contributed by atoms with van der Waals surface area (Å²) in [6.45, 7) is 4.45. The highest BCUT2D eigenvalue weighted by Crippen LogP contribution is 2.43. The number of phosphoric acid groups is 1. The molecule has 12 heteroatoms. The summed E-state index contributed by atoms with van der Waals surface area (Å²) >= 11 is 0. The number of rotatable bonds is 52. The van der Waals surface area contributed by atoms with Crippen molar-refractivity contribution in [2.45, 2.75) is 264 Å². The predicted molar refractivity (Wildman–Crippen MR) is 288 cm³/mol. The average Bonchev–Trinajstić information content (AvgIpc) is 3.35. The standard InChI is InChI=1S/C58H103O11P/c1-4-7-10-13-16-19-22-24-26-27-29-31-34-37-40-43-46-49-58(62)69-55(51-65-56(60)47-44-41-38-35-32-21-18-15-12-9-6-3)53-67-70(63,64)66-52-54(50-59)68-57(61)48-45-42-39-36-33-30-28-25-23-20-17-14-11-8-5-2/h8,11,15,17-18,20,25,28,33,36,54-55,59H,4-7,9-10,12-14,16,19,21-24,26-27,29-32,34-35,37-53H2,1-3H3,(H,63,64)/b11-8-,18-15-,20-17-,28-25-,36-33-. The highest BCUT2D eigenvalue weighted by Gasteiger charge is 2.28. The van der Waals surface area contributed by atoms with Gasteiger partial charge in [0.2, 0.25) is 0 Å². The number of aliphatic hydroxyl groups is 1. The van der Waals surface area contributed by atoms with Crippen molar-refractivity contribution in [2.75, 3.05) is 26.4 Å². The van der Waals surface area contributed by atoms with E-state index in [2.05, 4.69) is 81.5 Å². The molecule has 0 aliphatic rings. The highest BCUT2D eigenvalue weighted by atomic mass is 31.2. The zero-order chi connectivity index (χ0) is 51.3. The maximum absolute atomic E-state index is 12.9. The first kappa shape index (κ1) is 67.2. The molecule has 0 aliphatic heterocycles. The summed E-state index contributed by atoms with van der Waals surface area (Å²) in [4.78, 5) is 48.4. The van der Waals surface area contributed by atoms with Gasteiger partial charge in [0.1, 0.15) is 12.7 Å². The van der Waals surface area contributed by atoms with E-state index in [0.29, 0.717) is 19.3 Å². The first-order valence-corrected chi connectivity index (χ1v) is 29.7. The van der Waals surface area contributed by atoms with Gasteiger partial charge in [-0.25, -0.2) is 4.57 Å². The molecular weight excluding hydrogens is 904 g/mol. The summed E-state index contributed by atoms with van der Waals surface area (Å²) in [5.41, 5.74) is 0. The lowest BCUT2D eigenvalue weighted by Gasteiger charge is -2.21. The Morgan fingerprint density at radius 3 is 1.23 bits per heavy atom. The lowest BCUT2D eigenvalue weighted by molar-refractivity contribution is -0.161. The van der Waals surface area contributed by atoms with Crippen molar-refractivity contribution in [3.8, 4) is 0 Å². The van der Waals surface area contributed by atoms with Crippen LogP contribution in [0.2, 0.25) is 0 Å². The Bertz CT molecular complexity index is 1410. The molecule has 0 saturated carbocycles. The Hall–Kier alpha value is -2.82. The normalized spacial score (nSPS) is 13.8. The summed E-state index contributed by atoms with van der Waals surface area (Å²) in [6.07, 6.45) is 56.2. The Morgan fingerprint density at radius 1 is 0.414 bits per heavy atom. The molecule has 0 radical (unpaired) electrons. The molecule has 0 aromatic rings. The van der Waals surface area contributed by atoms with Crippen molar-refractivity contribution in [3.05, 3.63) is 60.8 Å². The second-order valence-corrected chi connectivity index (χ2v) is 20.2. The van der Waals surface area contributed by atoms with Crippen LogP contribution in [-0.2, 0) is 42.2 Å². The number of hydrogen-bond donors (Lipinski definition) is 2. The smallest absolute Gasteiger partial charge is 0.462 e. The monoisotopic (exact) mass is 1010 g/mol. The average molecular weight is 1010 g/mol. The molecule has 0 aromatic carbocycles. The molecule has 0 spiro atoms. The lowest BCUT2D eigenvalue weighted by Crippen LogP contribution is -2.30. The first-order valence-electron chi connectivity index (χ1n) is 28.2. The maximum atomic E-state index is 12.9. The van der Waals surface area contributed by atoms with Gasteiger partial charge in [-0.2, -0.15) is 0 Å². The molecule has 2 N–H and O–H groups in total. The van der Waals surface area contributed by atoms with E-state index in [4.69, 9.17) is 23.3 Å². The minimum absolute atomic E-state index is 0.125. The van der Waals surface area contributed by atoms with Gasteiger partial charge in [0, 0.05) is 19.3 Å². The van der Waals surface area contributed by atoms with Gasteiger partial charge in [-0.1, -0.05) is 216 Å². The molecule has 0 bridgehead atoms. The molecule has 11 nitrogen and oxygen atoms in total. The van der Waals surface area contributed by atoms with Crippen molar-refractivity contribution in [1.29, 1.82) is 0 Å². The van der Waals surface area contributed by atoms with E-state index in [1.807, 2.05) is 0 Å². The first-order chi connectivity index (χ1) is 34.2. The van der Waals surface area contributed by atoms with E-state index in [0.717, 1.165) is 96.3 Å². The second kappa shape index (κ2) is 52.5. The lowest BCUT2D eigenvalue weighted by atomic mass is 10.0. The van der Waals surface area contributed by atoms with Crippen molar-refractivity contribution in [1.82, 2.24) is 0 Å². The minimum Gasteiger partial charge on any atom is -0.462 e. The number of unbranched alkanes of at least 4 members (excludes halogenated alkanes) is 25. The van der Waals surface area contributed by atoms with Gasteiger partial charge in [-0.05, 0) is 77.0 Å². The van der Waals surface area contributed by atoms with Crippen LogP contribution in [0.5, 0.6) is 0 Å². The molecule has 0 saturated heterocycles. The number of hydrogen-bond acceptors (Lipinski definition) is 10. The van der Waals surface area contributed by atoms with Gasteiger partial charge >= 0.3 is 25.7 Å². The molecule has 3 atom stereocenters. The molecule has 406 valence electrons. The van der Waals surface area contributed by atoms with E-state index in [-0.39, 0.29) is 25.9 Å². The molecule has 3 unspecified atom stereocenters. The van der Waals surface area contributed by atoms with Crippen LogP contribution in [0.1, 0.15) is 252 Å². The fraction of sp³-hybridized carbons (Fsp3) is 0.776. The van der Waals surface area contributed by atoms with Gasteiger partial charge < -0.3 is 24.2 Å². The number of ether oxygens (including phenoxy) is 3. The van der Waals surface area contributed by atoms with Crippen LogP contribution < -0.4 is 0 Å². The Labute approximate surface area is 427 Å². The summed E-state index contributed by atoms with van der Waals surface area (Å²) in [5.74, 6) is -1.51. The van der Waals surface area contributed by atoms with Gasteiger partial charge in [-0.3, -0.25) is 23.4 Å². The van der Waals surface area contributed by atoms with Crippen LogP contribution in [0.3, 0.4) is 0 Å². The van der Waals surface area contributed by atoms with Crippen LogP contribution in [0.25, 0.3) is 0 Å². The number of esters is 3. The summed E-state index contributed by atoms with van der Waals surface area (Å²) in [7, 11) is -4.75. The quantitative estimate of drug-likeness (QED) is 0.0197. The van der Waals surface area contributed by atoms with Crippen LogP contribution >= 0.6 is 7.82 Å². The molecule has 70 heavy (non-hydrogen) atoms. The van der Waals surface area contributed by atoms with Gasteiger partial charge in [0.05, 0.1) is 19.8 Å². The fourth-order valence-corrected chi connectivity index (χ4v) is 8.41. The molecular formula is C58H103O11P. The van der Waals surface area contributed by atoms with Crippen LogP contribution in [0, 0.1) is 0 Å².